The van der Waals surface area contributed by atoms with Crippen molar-refractivity contribution in [2.24, 2.45) is 7.05 Å². The molecule has 6 aromatic rings. The van der Waals surface area contributed by atoms with Crippen molar-refractivity contribution >= 4 is 50.9 Å². The molecule has 2 saturated carbocycles. The molecule has 0 spiro atoms. The predicted molar refractivity (Wildman–Crippen MR) is 229 cm³/mol. The Hall–Kier alpha value is -6.84. The molecule has 3 aromatic heterocycles. The number of nitrogens with zero attached hydrogens (tertiary/aromatic N) is 5. The number of imide groups is 1. The first-order chi connectivity index (χ1) is 29.8. The molecule has 1 unspecified atom stereocenters. The second-order valence-electron chi connectivity index (χ2n) is 16.3. The lowest BCUT2D eigenvalue weighted by molar-refractivity contribution is -0.132. The summed E-state index contributed by atoms with van der Waals surface area (Å²) in [6.07, 6.45) is 9.83. The van der Waals surface area contributed by atoms with Gasteiger partial charge in [-0.25, -0.2) is 4.98 Å². The molecule has 0 N–H and O–H groups in total. The molecule has 2 aliphatic heterocycles. The number of hydrogen-bond acceptors (Lipinski definition) is 10. The number of fused-ring (bicyclic) bond motifs is 4. The Bertz CT molecular complexity index is 2790. The number of amides is 2. The fraction of sp³-hybridized carbons (Fsp3) is 0.306. The van der Waals surface area contributed by atoms with Crippen molar-refractivity contribution < 1.29 is 33.4 Å². The van der Waals surface area contributed by atoms with Crippen LogP contribution in [0.25, 0.3) is 32.9 Å². The number of benzene rings is 3. The van der Waals surface area contributed by atoms with Crippen molar-refractivity contribution in [2.45, 2.75) is 69.3 Å². The molecule has 306 valence electrons. The average molecular weight is 814 g/mol. The number of ether oxygens (including phenoxy) is 3. The van der Waals surface area contributed by atoms with Gasteiger partial charge in [-0.05, 0) is 79.4 Å². The van der Waals surface area contributed by atoms with Crippen molar-refractivity contribution in [3.8, 4) is 34.6 Å². The smallest absolute Gasteiger partial charge is 0.262 e. The van der Waals surface area contributed by atoms with Gasteiger partial charge in [0.05, 0.1) is 41.3 Å². The lowest BCUT2D eigenvalue weighted by atomic mass is 9.91. The van der Waals surface area contributed by atoms with Crippen molar-refractivity contribution in [2.75, 3.05) is 24.6 Å². The lowest BCUT2D eigenvalue weighted by Gasteiger charge is -2.40. The Morgan fingerprint density at radius 3 is 2.43 bits per heavy atom. The van der Waals surface area contributed by atoms with E-state index in [4.69, 9.17) is 14.2 Å². The standard InChI is InChI=1S/C49H43N5O7/c1-52-43-15-18-50-29-42(43)39-11-7-31(23-45(39)52)32-8-14-47(51-28-32)61-38-25-37(26-38)60-35-16-19-53(20-17-35)33-6-2-4-30(22-33)5-3-21-59-36-10-12-40-41(27-36)49(58)54(48(40)57)44-13-9-34(55)24-46(44)56/h2,4,6-8,10-12,14-15,18,22-23,27-29,35,37-38,44H,9,13,16-17,19-21,24-26H2,1H3. The van der Waals surface area contributed by atoms with Gasteiger partial charge in [-0.15, -0.1) is 0 Å². The van der Waals surface area contributed by atoms with Crippen LogP contribution in [0.1, 0.15) is 71.2 Å². The number of hydrogen-bond donors (Lipinski definition) is 0. The summed E-state index contributed by atoms with van der Waals surface area (Å²) in [5, 5.41) is 2.34. The summed E-state index contributed by atoms with van der Waals surface area (Å²) in [5.74, 6) is 5.64. The largest absolute Gasteiger partial charge is 0.481 e. The van der Waals surface area contributed by atoms with E-state index in [1.165, 1.54) is 17.5 Å². The van der Waals surface area contributed by atoms with E-state index in [2.05, 4.69) is 74.7 Å². The molecule has 12 nitrogen and oxygen atoms in total. The van der Waals surface area contributed by atoms with Crippen LogP contribution in [0, 0.1) is 11.8 Å². The molecule has 0 bridgehead atoms. The van der Waals surface area contributed by atoms with E-state index in [0.29, 0.717) is 11.6 Å². The molecule has 1 saturated heterocycles. The monoisotopic (exact) mass is 813 g/mol. The number of aromatic nitrogens is 3. The van der Waals surface area contributed by atoms with Gasteiger partial charge in [0.2, 0.25) is 5.88 Å². The molecule has 2 amide bonds. The Balaban J connectivity index is 0.666. The van der Waals surface area contributed by atoms with E-state index in [9.17, 15) is 19.2 Å². The highest BCUT2D eigenvalue weighted by Gasteiger charge is 2.44. The topological polar surface area (TPSA) is 133 Å². The number of aryl methyl sites for hydroxylation is 1. The van der Waals surface area contributed by atoms with Gasteiger partial charge in [-0.3, -0.25) is 29.1 Å². The summed E-state index contributed by atoms with van der Waals surface area (Å²) in [4.78, 5) is 62.6. The normalized spacial score (nSPS) is 20.4. The minimum Gasteiger partial charge on any atom is -0.481 e. The van der Waals surface area contributed by atoms with Crippen LogP contribution >= 0.6 is 0 Å². The van der Waals surface area contributed by atoms with Crippen LogP contribution in [0.5, 0.6) is 11.6 Å². The third kappa shape index (κ3) is 7.50. The van der Waals surface area contributed by atoms with Crippen LogP contribution in [0.4, 0.5) is 5.69 Å². The summed E-state index contributed by atoms with van der Waals surface area (Å²) in [6.45, 7) is 1.86. The quantitative estimate of drug-likeness (QED) is 0.0846. The zero-order valence-corrected chi connectivity index (χ0v) is 33.7. The Labute approximate surface area is 352 Å². The molecule has 61 heavy (non-hydrogen) atoms. The second-order valence-corrected chi connectivity index (χ2v) is 16.3. The number of carbonyl (C=O) groups excluding carboxylic acids is 4. The Morgan fingerprint density at radius 2 is 1.61 bits per heavy atom. The Morgan fingerprint density at radius 1 is 0.770 bits per heavy atom. The summed E-state index contributed by atoms with van der Waals surface area (Å²) in [5.41, 5.74) is 6.87. The minimum absolute atomic E-state index is 0.0826. The van der Waals surface area contributed by atoms with Crippen LogP contribution < -0.4 is 14.4 Å². The fourth-order valence-corrected chi connectivity index (χ4v) is 9.05. The highest BCUT2D eigenvalue weighted by atomic mass is 16.5. The first-order valence-electron chi connectivity index (χ1n) is 20.9. The summed E-state index contributed by atoms with van der Waals surface area (Å²) in [6, 6.07) is 24.5. The van der Waals surface area contributed by atoms with Crippen LogP contribution in [0.3, 0.4) is 0 Å². The van der Waals surface area contributed by atoms with Crippen LogP contribution in [0.2, 0.25) is 0 Å². The third-order valence-corrected chi connectivity index (χ3v) is 12.4. The van der Waals surface area contributed by atoms with Gasteiger partial charge in [0, 0.05) is 97.2 Å². The molecule has 5 heterocycles. The SMILES string of the molecule is Cn1c2ccncc2c2ccc(-c3ccc(OC4CC(OC5CCN(c6cccc(C#CCOc7ccc8c(c7)C(=O)N(C7CCC(=O)CC7=O)C8=O)c6)CC5)C4)nc3)cc21. The van der Waals surface area contributed by atoms with Gasteiger partial charge in [-0.2, -0.15) is 0 Å². The highest BCUT2D eigenvalue weighted by molar-refractivity contribution is 6.24. The molecular weight excluding hydrogens is 771 g/mol. The molecule has 2 aliphatic carbocycles. The van der Waals surface area contributed by atoms with Gasteiger partial charge < -0.3 is 23.7 Å². The molecule has 0 radical (unpaired) electrons. The summed E-state index contributed by atoms with van der Waals surface area (Å²) >= 11 is 0. The minimum atomic E-state index is -0.907. The van der Waals surface area contributed by atoms with Gasteiger partial charge in [-0.1, -0.05) is 30.0 Å². The molecular formula is C49H43N5O7. The van der Waals surface area contributed by atoms with Crippen LogP contribution in [-0.2, 0) is 21.4 Å². The maximum atomic E-state index is 13.2. The van der Waals surface area contributed by atoms with E-state index >= 15 is 0 Å². The highest BCUT2D eigenvalue weighted by Crippen LogP contribution is 2.35. The van der Waals surface area contributed by atoms with Crippen molar-refractivity contribution in [3.63, 3.8) is 0 Å². The first-order valence-corrected chi connectivity index (χ1v) is 20.9. The van der Waals surface area contributed by atoms with E-state index < -0.39 is 23.6 Å². The summed E-state index contributed by atoms with van der Waals surface area (Å²) in [7, 11) is 2.09. The van der Waals surface area contributed by atoms with Gasteiger partial charge in [0.15, 0.2) is 5.78 Å². The number of rotatable bonds is 9. The third-order valence-electron chi connectivity index (χ3n) is 12.4. The maximum absolute atomic E-state index is 13.2. The maximum Gasteiger partial charge on any atom is 0.262 e. The first kappa shape index (κ1) is 38.4. The van der Waals surface area contributed by atoms with Crippen LogP contribution in [-0.4, -0.2) is 86.9 Å². The van der Waals surface area contributed by atoms with E-state index in [0.717, 1.165) is 82.5 Å². The van der Waals surface area contributed by atoms with Gasteiger partial charge >= 0.3 is 0 Å². The predicted octanol–water partition coefficient (Wildman–Crippen LogP) is 7.10. The van der Waals surface area contributed by atoms with Crippen molar-refractivity contribution in [1.29, 1.82) is 0 Å². The van der Waals surface area contributed by atoms with E-state index in [-0.39, 0.29) is 61.1 Å². The lowest BCUT2D eigenvalue weighted by Crippen LogP contribution is -2.47. The fourth-order valence-electron chi connectivity index (χ4n) is 9.05. The van der Waals surface area contributed by atoms with Gasteiger partial charge in [0.25, 0.3) is 11.8 Å². The molecule has 3 aromatic carbocycles. The number of piperidine rings is 1. The van der Waals surface area contributed by atoms with Crippen molar-refractivity contribution in [1.82, 2.24) is 19.4 Å². The number of carbonyl (C=O) groups is 4. The van der Waals surface area contributed by atoms with E-state index in [1.54, 1.807) is 6.07 Å². The van der Waals surface area contributed by atoms with Crippen LogP contribution in [0.15, 0.2) is 97.5 Å². The second kappa shape index (κ2) is 16.0. The molecule has 4 aliphatic rings. The number of anilines is 1. The van der Waals surface area contributed by atoms with E-state index in [1.807, 2.05) is 42.9 Å². The number of pyridine rings is 2. The summed E-state index contributed by atoms with van der Waals surface area (Å²) < 4.78 is 20.7. The number of Topliss-reactive ketones (excluding diaryl/α,β-unsaturated/α-hetero) is 2. The zero-order chi connectivity index (χ0) is 41.6. The zero-order valence-electron chi connectivity index (χ0n) is 33.7. The van der Waals surface area contributed by atoms with Gasteiger partial charge in [0.1, 0.15) is 24.2 Å². The molecule has 1 atom stereocenters. The average Bonchev–Trinajstić information content (AvgIpc) is 3.69. The molecule has 10 rings (SSSR count). The molecule has 3 fully saturated rings. The number of ketones is 2. The van der Waals surface area contributed by atoms with Crippen molar-refractivity contribution in [3.05, 3.63) is 114 Å². The molecule has 12 heteroatoms. The Kier molecular flexibility index (Phi) is 10.0.